The number of carbonyl (C=O) groups excluding carboxylic acids is 2. The van der Waals surface area contributed by atoms with Gasteiger partial charge in [-0.2, -0.15) is 0 Å². The molecule has 4 rings (SSSR count). The van der Waals surface area contributed by atoms with E-state index in [-0.39, 0.29) is 23.0 Å². The number of rotatable bonds is 2. The largest absolute Gasteiger partial charge is 0.342 e. The summed E-state index contributed by atoms with van der Waals surface area (Å²) in [6, 6.07) is 10.0. The van der Waals surface area contributed by atoms with Crippen molar-refractivity contribution in [2.45, 2.75) is 36.0 Å². The standard InChI is InChI=1S/C18H22N2O3S/c1-19-15(21)13-24(23)18(19)9-11-20(12-10-18)16(22)17(7-8-17)14-5-3-2-4-6-14/h2-6H,7-13H2,1H3. The third-order valence-corrected chi connectivity index (χ3v) is 8.02. The van der Waals surface area contributed by atoms with Gasteiger partial charge in [-0.25, -0.2) is 0 Å². The molecule has 2 aliphatic heterocycles. The van der Waals surface area contributed by atoms with Gasteiger partial charge in [0.25, 0.3) is 0 Å². The Bertz CT molecular complexity index is 706. The average molecular weight is 346 g/mol. The van der Waals surface area contributed by atoms with Crippen LogP contribution in [0.5, 0.6) is 0 Å². The molecule has 1 aromatic rings. The molecule has 1 unspecified atom stereocenters. The van der Waals surface area contributed by atoms with Crippen molar-refractivity contribution in [2.24, 2.45) is 0 Å². The van der Waals surface area contributed by atoms with Crippen LogP contribution in [-0.2, 0) is 25.8 Å². The third-order valence-electron chi connectivity index (χ3n) is 5.98. The average Bonchev–Trinajstić information content (AvgIpc) is 3.39. The maximum absolute atomic E-state index is 13.1. The first-order chi connectivity index (χ1) is 11.5. The highest BCUT2D eigenvalue weighted by molar-refractivity contribution is 7.87. The lowest BCUT2D eigenvalue weighted by Gasteiger charge is -2.43. The van der Waals surface area contributed by atoms with Crippen molar-refractivity contribution in [3.63, 3.8) is 0 Å². The predicted octanol–water partition coefficient (Wildman–Crippen LogP) is 1.26. The van der Waals surface area contributed by atoms with Crippen LogP contribution >= 0.6 is 0 Å². The van der Waals surface area contributed by atoms with Gasteiger partial charge in [-0.1, -0.05) is 30.3 Å². The number of likely N-dealkylation sites (tertiary alicyclic amines) is 1. The minimum atomic E-state index is -1.16. The van der Waals surface area contributed by atoms with E-state index in [1.54, 1.807) is 11.9 Å². The van der Waals surface area contributed by atoms with Gasteiger partial charge in [-0.15, -0.1) is 0 Å². The highest BCUT2D eigenvalue weighted by atomic mass is 32.2. The molecule has 2 heterocycles. The predicted molar refractivity (Wildman–Crippen MR) is 91.7 cm³/mol. The van der Waals surface area contributed by atoms with Crippen LogP contribution in [-0.4, -0.2) is 56.6 Å². The van der Waals surface area contributed by atoms with Gasteiger partial charge >= 0.3 is 0 Å². The zero-order valence-corrected chi connectivity index (χ0v) is 14.7. The van der Waals surface area contributed by atoms with E-state index in [0.717, 1.165) is 18.4 Å². The fourth-order valence-corrected chi connectivity index (χ4v) is 5.89. The van der Waals surface area contributed by atoms with Gasteiger partial charge < -0.3 is 9.80 Å². The molecule has 0 bridgehead atoms. The summed E-state index contributed by atoms with van der Waals surface area (Å²) in [7, 11) is 0.588. The molecule has 5 nitrogen and oxygen atoms in total. The Balaban J connectivity index is 1.50. The van der Waals surface area contributed by atoms with Crippen molar-refractivity contribution in [2.75, 3.05) is 25.9 Å². The smallest absolute Gasteiger partial charge is 0.236 e. The van der Waals surface area contributed by atoms with Crippen LogP contribution in [0.15, 0.2) is 30.3 Å². The lowest BCUT2D eigenvalue weighted by Crippen LogP contribution is -2.55. The quantitative estimate of drug-likeness (QED) is 0.810. The van der Waals surface area contributed by atoms with Gasteiger partial charge in [0.05, 0.1) is 16.2 Å². The van der Waals surface area contributed by atoms with Crippen molar-refractivity contribution in [3.05, 3.63) is 35.9 Å². The summed E-state index contributed by atoms with van der Waals surface area (Å²) in [5.74, 6) is 0.274. The molecule has 3 fully saturated rings. The van der Waals surface area contributed by atoms with Crippen LogP contribution in [0.4, 0.5) is 0 Å². The molecule has 24 heavy (non-hydrogen) atoms. The summed E-state index contributed by atoms with van der Waals surface area (Å²) in [6.45, 7) is 1.16. The van der Waals surface area contributed by atoms with E-state index in [4.69, 9.17) is 0 Å². The first-order valence-corrected chi connectivity index (χ1v) is 9.82. The number of nitrogens with zero attached hydrogens (tertiary/aromatic N) is 2. The monoisotopic (exact) mass is 346 g/mol. The van der Waals surface area contributed by atoms with Crippen LogP contribution in [0.1, 0.15) is 31.2 Å². The van der Waals surface area contributed by atoms with Crippen molar-refractivity contribution in [1.29, 1.82) is 0 Å². The van der Waals surface area contributed by atoms with E-state index in [1.807, 2.05) is 35.2 Å². The molecule has 0 aromatic heterocycles. The molecule has 0 N–H and O–H groups in total. The number of hydrogen-bond donors (Lipinski definition) is 0. The summed E-state index contributed by atoms with van der Waals surface area (Å²) in [5, 5.41) is 0. The maximum atomic E-state index is 13.1. The molecule has 1 spiro atoms. The Morgan fingerprint density at radius 3 is 2.21 bits per heavy atom. The number of benzene rings is 1. The number of amides is 2. The summed E-state index contributed by atoms with van der Waals surface area (Å²) in [6.07, 6.45) is 3.03. The van der Waals surface area contributed by atoms with E-state index in [9.17, 15) is 13.8 Å². The summed E-state index contributed by atoms with van der Waals surface area (Å²) >= 11 is 0. The molecule has 6 heteroatoms. The van der Waals surface area contributed by atoms with E-state index in [1.165, 1.54) is 0 Å². The Morgan fingerprint density at radius 1 is 1.08 bits per heavy atom. The Labute approximate surface area is 144 Å². The zero-order valence-electron chi connectivity index (χ0n) is 13.9. The van der Waals surface area contributed by atoms with Gasteiger partial charge in [0.2, 0.25) is 11.8 Å². The molecular weight excluding hydrogens is 324 g/mol. The van der Waals surface area contributed by atoms with Gasteiger partial charge in [0.15, 0.2) is 0 Å². The van der Waals surface area contributed by atoms with Crippen molar-refractivity contribution >= 4 is 22.6 Å². The Morgan fingerprint density at radius 2 is 1.71 bits per heavy atom. The first kappa shape index (κ1) is 15.8. The lowest BCUT2D eigenvalue weighted by molar-refractivity contribution is -0.136. The van der Waals surface area contributed by atoms with Crippen LogP contribution < -0.4 is 0 Å². The first-order valence-electron chi connectivity index (χ1n) is 8.50. The number of hydrogen-bond acceptors (Lipinski definition) is 3. The van der Waals surface area contributed by atoms with Crippen LogP contribution in [0.25, 0.3) is 0 Å². The number of carbonyl (C=O) groups is 2. The summed E-state index contributed by atoms with van der Waals surface area (Å²) in [5.41, 5.74) is 0.759. The fourth-order valence-electron chi connectivity index (χ4n) is 4.16. The minimum Gasteiger partial charge on any atom is -0.342 e. The van der Waals surface area contributed by atoms with Crippen LogP contribution in [0.3, 0.4) is 0 Å². The molecule has 3 aliphatic rings. The zero-order chi connectivity index (χ0) is 16.9. The number of piperidine rings is 1. The van der Waals surface area contributed by atoms with E-state index in [2.05, 4.69) is 0 Å². The normalized spacial score (nSPS) is 27.5. The summed E-state index contributed by atoms with van der Waals surface area (Å²) in [4.78, 5) is 28.0. The second-order valence-corrected chi connectivity index (χ2v) is 8.87. The molecule has 1 aromatic carbocycles. The van der Waals surface area contributed by atoms with Gasteiger partial charge in [-0.05, 0) is 18.4 Å². The van der Waals surface area contributed by atoms with Crippen molar-refractivity contribution in [1.82, 2.24) is 9.80 Å². The van der Waals surface area contributed by atoms with E-state index >= 15 is 0 Å². The molecule has 1 saturated carbocycles. The molecule has 1 aliphatic carbocycles. The van der Waals surface area contributed by atoms with E-state index < -0.39 is 15.7 Å². The molecule has 2 amide bonds. The van der Waals surface area contributed by atoms with Gasteiger partial charge in [0, 0.05) is 33.0 Å². The molecule has 0 radical (unpaired) electrons. The van der Waals surface area contributed by atoms with Gasteiger partial charge in [-0.3, -0.25) is 13.8 Å². The highest BCUT2D eigenvalue weighted by Crippen LogP contribution is 2.50. The van der Waals surface area contributed by atoms with Crippen molar-refractivity contribution < 1.29 is 13.8 Å². The molecular formula is C18H22N2O3S. The van der Waals surface area contributed by atoms with Crippen LogP contribution in [0, 0.1) is 0 Å². The van der Waals surface area contributed by atoms with E-state index in [0.29, 0.717) is 25.9 Å². The van der Waals surface area contributed by atoms with Gasteiger partial charge in [0.1, 0.15) is 10.6 Å². The summed E-state index contributed by atoms with van der Waals surface area (Å²) < 4.78 is 12.4. The molecule has 128 valence electrons. The van der Waals surface area contributed by atoms with Crippen molar-refractivity contribution in [3.8, 4) is 0 Å². The fraction of sp³-hybridized carbons (Fsp3) is 0.556. The SMILES string of the molecule is CN1C(=O)CS(=O)C12CCN(C(=O)C1(c3ccccc3)CC1)CC2. The topological polar surface area (TPSA) is 57.7 Å². The maximum Gasteiger partial charge on any atom is 0.236 e. The third kappa shape index (κ3) is 2.15. The van der Waals surface area contributed by atoms with Crippen LogP contribution in [0.2, 0.25) is 0 Å². The lowest BCUT2D eigenvalue weighted by atomic mass is 9.92. The minimum absolute atomic E-state index is 0.0453. The Kier molecular flexibility index (Phi) is 3.56. The molecule has 1 atom stereocenters. The molecule has 2 saturated heterocycles. The highest BCUT2D eigenvalue weighted by Gasteiger charge is 2.56. The Hall–Kier alpha value is -1.69. The second-order valence-electron chi connectivity index (χ2n) is 7.13. The second kappa shape index (κ2) is 5.41.